The van der Waals surface area contributed by atoms with Crippen molar-refractivity contribution in [1.82, 2.24) is 10.6 Å². The Hall–Kier alpha value is -1.10. The summed E-state index contributed by atoms with van der Waals surface area (Å²) in [7, 11) is 0. The molecule has 1 aromatic rings. The third-order valence-electron chi connectivity index (χ3n) is 3.55. The third kappa shape index (κ3) is 4.20. The molecule has 1 aliphatic rings. The molecular formula is C15H23ClN2O2. The van der Waals surface area contributed by atoms with E-state index in [9.17, 15) is 4.79 Å². The quantitative estimate of drug-likeness (QED) is 0.893. The maximum atomic E-state index is 12.1. The number of nitrogens with one attached hydrogen (secondary N) is 2. The maximum absolute atomic E-state index is 12.1. The fourth-order valence-electron chi connectivity index (χ4n) is 2.36. The second kappa shape index (κ2) is 7.62. The Morgan fingerprint density at radius 3 is 2.85 bits per heavy atom. The van der Waals surface area contributed by atoms with Crippen molar-refractivity contribution in [1.29, 1.82) is 0 Å². The zero-order valence-electron chi connectivity index (χ0n) is 12.2. The van der Waals surface area contributed by atoms with Crippen LogP contribution in [0.3, 0.4) is 0 Å². The van der Waals surface area contributed by atoms with Crippen molar-refractivity contribution < 1.29 is 9.53 Å². The molecule has 0 bridgehead atoms. The first-order valence-electron chi connectivity index (χ1n) is 6.77. The van der Waals surface area contributed by atoms with Gasteiger partial charge in [-0.1, -0.05) is 23.8 Å². The van der Waals surface area contributed by atoms with Crippen LogP contribution < -0.4 is 10.6 Å². The van der Waals surface area contributed by atoms with Crippen LogP contribution in [0.4, 0.5) is 0 Å². The Morgan fingerprint density at radius 1 is 1.45 bits per heavy atom. The van der Waals surface area contributed by atoms with E-state index in [4.69, 9.17) is 4.74 Å². The Bertz CT molecular complexity index is 465. The van der Waals surface area contributed by atoms with Crippen LogP contribution in [-0.2, 0) is 16.1 Å². The van der Waals surface area contributed by atoms with Gasteiger partial charge in [0.25, 0.3) is 0 Å². The minimum atomic E-state index is -0.250. The summed E-state index contributed by atoms with van der Waals surface area (Å²) in [6, 6.07) is 6.02. The van der Waals surface area contributed by atoms with Gasteiger partial charge in [0, 0.05) is 13.1 Å². The van der Waals surface area contributed by atoms with Crippen LogP contribution in [0.1, 0.15) is 23.6 Å². The van der Waals surface area contributed by atoms with Crippen LogP contribution in [0.15, 0.2) is 18.2 Å². The summed E-state index contributed by atoms with van der Waals surface area (Å²) in [5, 5.41) is 6.17. The average molecular weight is 299 g/mol. The standard InChI is InChI=1S/C15H22N2O2.ClH/c1-10-4-5-13(11(2)8-10)9-17-15(18)14-12(3)19-7-6-16-14;/h4-5,8,12,14,16H,6-7,9H2,1-3H3,(H,17,18);1H/t12-,14+;/m1./s1. The van der Waals surface area contributed by atoms with Gasteiger partial charge in [-0.25, -0.2) is 0 Å². The van der Waals surface area contributed by atoms with Crippen LogP contribution in [0.2, 0.25) is 0 Å². The zero-order chi connectivity index (χ0) is 13.8. The molecule has 2 rings (SSSR count). The molecule has 1 amide bonds. The summed E-state index contributed by atoms with van der Waals surface area (Å²) < 4.78 is 5.48. The molecule has 0 aromatic heterocycles. The van der Waals surface area contributed by atoms with Gasteiger partial charge in [-0.15, -0.1) is 12.4 Å². The summed E-state index contributed by atoms with van der Waals surface area (Å²) in [5.41, 5.74) is 3.60. The van der Waals surface area contributed by atoms with Crippen molar-refractivity contribution in [2.75, 3.05) is 13.2 Å². The van der Waals surface area contributed by atoms with Crippen LogP contribution in [0.5, 0.6) is 0 Å². The molecule has 1 fully saturated rings. The van der Waals surface area contributed by atoms with Crippen LogP contribution >= 0.6 is 12.4 Å². The van der Waals surface area contributed by atoms with E-state index >= 15 is 0 Å². The second-order valence-electron chi connectivity index (χ2n) is 5.16. The Labute approximate surface area is 126 Å². The molecule has 0 spiro atoms. The van der Waals surface area contributed by atoms with E-state index in [1.807, 2.05) is 6.92 Å². The normalized spacial score (nSPS) is 21.9. The lowest BCUT2D eigenvalue weighted by atomic mass is 10.1. The molecule has 20 heavy (non-hydrogen) atoms. The molecule has 0 radical (unpaired) electrons. The predicted octanol–water partition coefficient (Wildman–Crippen LogP) is 1.72. The van der Waals surface area contributed by atoms with E-state index in [0.717, 1.165) is 12.1 Å². The second-order valence-corrected chi connectivity index (χ2v) is 5.16. The summed E-state index contributed by atoms with van der Waals surface area (Å²) in [4.78, 5) is 12.1. The predicted molar refractivity (Wildman–Crippen MR) is 82.2 cm³/mol. The number of carbonyl (C=O) groups excluding carboxylic acids is 1. The summed E-state index contributed by atoms with van der Waals surface area (Å²) >= 11 is 0. The van der Waals surface area contributed by atoms with E-state index in [-0.39, 0.29) is 30.5 Å². The average Bonchev–Trinajstić information content (AvgIpc) is 2.38. The highest BCUT2D eigenvalue weighted by atomic mass is 35.5. The van der Waals surface area contributed by atoms with Gasteiger partial charge in [-0.2, -0.15) is 0 Å². The number of amides is 1. The lowest BCUT2D eigenvalue weighted by molar-refractivity contribution is -0.129. The van der Waals surface area contributed by atoms with Crippen LogP contribution in [-0.4, -0.2) is 31.2 Å². The van der Waals surface area contributed by atoms with E-state index in [2.05, 4.69) is 42.7 Å². The van der Waals surface area contributed by atoms with Gasteiger partial charge in [0.1, 0.15) is 6.04 Å². The minimum absolute atomic E-state index is 0. The van der Waals surface area contributed by atoms with Gasteiger partial charge in [0.15, 0.2) is 0 Å². The van der Waals surface area contributed by atoms with E-state index in [0.29, 0.717) is 13.2 Å². The van der Waals surface area contributed by atoms with Gasteiger partial charge in [-0.3, -0.25) is 4.79 Å². The molecular weight excluding hydrogens is 276 g/mol. The molecule has 2 N–H and O–H groups in total. The van der Waals surface area contributed by atoms with Gasteiger partial charge < -0.3 is 15.4 Å². The van der Waals surface area contributed by atoms with Gasteiger partial charge >= 0.3 is 0 Å². The van der Waals surface area contributed by atoms with Crippen LogP contribution in [0, 0.1) is 13.8 Å². The maximum Gasteiger partial charge on any atom is 0.240 e. The largest absolute Gasteiger partial charge is 0.375 e. The molecule has 1 aliphatic heterocycles. The van der Waals surface area contributed by atoms with Gasteiger partial charge in [0.05, 0.1) is 12.7 Å². The molecule has 112 valence electrons. The highest BCUT2D eigenvalue weighted by molar-refractivity contribution is 5.85. The highest BCUT2D eigenvalue weighted by Gasteiger charge is 2.27. The first kappa shape index (κ1) is 17.0. The fraction of sp³-hybridized carbons (Fsp3) is 0.533. The number of halogens is 1. The Kier molecular flexibility index (Phi) is 6.46. The smallest absolute Gasteiger partial charge is 0.240 e. The SMILES string of the molecule is Cc1ccc(CNC(=O)[C@H]2NCCO[C@@H]2C)c(C)c1.Cl. The Morgan fingerprint density at radius 2 is 2.20 bits per heavy atom. The first-order chi connectivity index (χ1) is 9.08. The Balaban J connectivity index is 0.00000200. The molecule has 4 nitrogen and oxygen atoms in total. The zero-order valence-corrected chi connectivity index (χ0v) is 13.0. The van der Waals surface area contributed by atoms with Crippen molar-refractivity contribution >= 4 is 18.3 Å². The lowest BCUT2D eigenvalue weighted by Crippen LogP contribution is -2.55. The number of carbonyl (C=O) groups is 1. The number of morpholine rings is 1. The summed E-state index contributed by atoms with van der Waals surface area (Å²) in [6.45, 7) is 8.02. The number of rotatable bonds is 3. The minimum Gasteiger partial charge on any atom is -0.375 e. The topological polar surface area (TPSA) is 50.4 Å². The molecule has 1 saturated heterocycles. The van der Waals surface area contributed by atoms with Crippen LogP contribution in [0.25, 0.3) is 0 Å². The van der Waals surface area contributed by atoms with E-state index < -0.39 is 0 Å². The summed E-state index contributed by atoms with van der Waals surface area (Å²) in [5.74, 6) is 0.00664. The lowest BCUT2D eigenvalue weighted by Gasteiger charge is -2.29. The number of hydrogen-bond acceptors (Lipinski definition) is 3. The number of aryl methyl sites for hydroxylation is 2. The van der Waals surface area contributed by atoms with Crippen molar-refractivity contribution in [2.24, 2.45) is 0 Å². The van der Waals surface area contributed by atoms with Gasteiger partial charge in [-0.05, 0) is 31.9 Å². The molecule has 5 heteroatoms. The highest BCUT2D eigenvalue weighted by Crippen LogP contribution is 2.10. The molecule has 0 aliphatic carbocycles. The van der Waals surface area contributed by atoms with Gasteiger partial charge in [0.2, 0.25) is 5.91 Å². The number of hydrogen-bond donors (Lipinski definition) is 2. The van der Waals surface area contributed by atoms with Crippen molar-refractivity contribution in [2.45, 2.75) is 39.5 Å². The number of benzene rings is 1. The monoisotopic (exact) mass is 298 g/mol. The van der Waals surface area contributed by atoms with E-state index in [1.54, 1.807) is 0 Å². The molecule has 1 aromatic carbocycles. The van der Waals surface area contributed by atoms with Crippen molar-refractivity contribution in [3.05, 3.63) is 34.9 Å². The number of ether oxygens (including phenoxy) is 1. The molecule has 0 saturated carbocycles. The molecule has 0 unspecified atom stereocenters. The third-order valence-corrected chi connectivity index (χ3v) is 3.55. The first-order valence-corrected chi connectivity index (χ1v) is 6.77. The van der Waals surface area contributed by atoms with E-state index in [1.165, 1.54) is 11.1 Å². The molecule has 2 atom stereocenters. The summed E-state index contributed by atoms with van der Waals surface area (Å²) in [6.07, 6.45) is -0.0761. The van der Waals surface area contributed by atoms with Crippen molar-refractivity contribution in [3.8, 4) is 0 Å². The fourth-order valence-corrected chi connectivity index (χ4v) is 2.36. The molecule has 1 heterocycles. The van der Waals surface area contributed by atoms with Crippen molar-refractivity contribution in [3.63, 3.8) is 0 Å².